The second kappa shape index (κ2) is 8.81. The maximum atomic E-state index is 12.5. The fourth-order valence-corrected chi connectivity index (χ4v) is 4.61. The first-order chi connectivity index (χ1) is 15.6. The van der Waals surface area contributed by atoms with Gasteiger partial charge in [-0.3, -0.25) is 4.79 Å². The minimum atomic E-state index is -0.0354. The Hall–Kier alpha value is -3.08. The normalized spacial score (nSPS) is 17.7. The molecule has 0 unspecified atom stereocenters. The van der Waals surface area contributed by atoms with Gasteiger partial charge in [-0.2, -0.15) is 5.10 Å². The van der Waals surface area contributed by atoms with Crippen LogP contribution in [0.2, 0.25) is 10.0 Å². The van der Waals surface area contributed by atoms with Crippen LogP contribution in [-0.2, 0) is 11.3 Å². The van der Waals surface area contributed by atoms with Crippen LogP contribution < -0.4 is 5.43 Å². The van der Waals surface area contributed by atoms with Crippen LogP contribution in [0.3, 0.4) is 0 Å². The van der Waals surface area contributed by atoms with Gasteiger partial charge in [-0.25, -0.2) is 5.43 Å². The summed E-state index contributed by atoms with van der Waals surface area (Å²) in [5.74, 6) is 0.243. The van der Waals surface area contributed by atoms with Crippen molar-refractivity contribution in [2.24, 2.45) is 11.0 Å². The molecule has 1 saturated carbocycles. The van der Waals surface area contributed by atoms with E-state index in [1.807, 2.05) is 54.7 Å². The third kappa shape index (κ3) is 4.29. The molecule has 4 nitrogen and oxygen atoms in total. The number of benzene rings is 3. The Morgan fingerprint density at radius 3 is 2.66 bits per heavy atom. The Balaban J connectivity index is 1.31. The lowest BCUT2D eigenvalue weighted by Crippen LogP contribution is -2.20. The summed E-state index contributed by atoms with van der Waals surface area (Å²) in [5, 5.41) is 6.56. The van der Waals surface area contributed by atoms with E-state index in [1.165, 1.54) is 5.56 Å². The van der Waals surface area contributed by atoms with Crippen molar-refractivity contribution in [1.82, 2.24) is 9.99 Å². The molecule has 160 valence electrons. The number of fused-ring (bicyclic) bond motifs is 1. The summed E-state index contributed by atoms with van der Waals surface area (Å²) in [6.07, 6.45) is 4.60. The van der Waals surface area contributed by atoms with E-state index >= 15 is 0 Å². The van der Waals surface area contributed by atoms with Gasteiger partial charge >= 0.3 is 0 Å². The van der Waals surface area contributed by atoms with Crippen LogP contribution in [0, 0.1) is 5.92 Å². The van der Waals surface area contributed by atoms with Crippen LogP contribution in [0.25, 0.3) is 10.9 Å². The Bertz CT molecular complexity index is 1310. The van der Waals surface area contributed by atoms with Gasteiger partial charge < -0.3 is 4.57 Å². The van der Waals surface area contributed by atoms with E-state index in [4.69, 9.17) is 23.2 Å². The molecule has 6 heteroatoms. The zero-order valence-electron chi connectivity index (χ0n) is 17.2. The van der Waals surface area contributed by atoms with Crippen LogP contribution in [0.1, 0.15) is 29.0 Å². The van der Waals surface area contributed by atoms with Crippen molar-refractivity contribution < 1.29 is 4.79 Å². The fourth-order valence-electron chi connectivity index (χ4n) is 4.14. The molecule has 1 heterocycles. The number of nitrogens with one attached hydrogen (secondary N) is 1. The highest BCUT2D eigenvalue weighted by atomic mass is 35.5. The number of amides is 1. The topological polar surface area (TPSA) is 46.4 Å². The first-order valence-corrected chi connectivity index (χ1v) is 11.3. The van der Waals surface area contributed by atoms with Gasteiger partial charge in [0.2, 0.25) is 5.91 Å². The molecule has 5 rings (SSSR count). The molecule has 4 aromatic rings. The summed E-state index contributed by atoms with van der Waals surface area (Å²) < 4.78 is 2.12. The molecular formula is C26H21Cl2N3O. The van der Waals surface area contributed by atoms with E-state index in [0.29, 0.717) is 16.6 Å². The van der Waals surface area contributed by atoms with Gasteiger partial charge in [0.15, 0.2) is 0 Å². The molecule has 0 aliphatic heterocycles. The average molecular weight is 462 g/mol. The highest BCUT2D eigenvalue weighted by Crippen LogP contribution is 2.47. The molecule has 0 saturated heterocycles. The second-order valence-corrected chi connectivity index (χ2v) is 8.90. The summed E-state index contributed by atoms with van der Waals surface area (Å²) in [6.45, 7) is 0.609. The molecule has 1 aromatic heterocycles. The van der Waals surface area contributed by atoms with E-state index < -0.39 is 0 Å². The molecule has 0 spiro atoms. The minimum absolute atomic E-state index is 0.0112. The van der Waals surface area contributed by atoms with Crippen molar-refractivity contribution in [2.45, 2.75) is 18.9 Å². The zero-order chi connectivity index (χ0) is 22.1. The summed E-state index contributed by atoms with van der Waals surface area (Å²) >= 11 is 12.4. The lowest BCUT2D eigenvalue weighted by Gasteiger charge is -2.08. The number of hydrogen-bond acceptors (Lipinski definition) is 2. The number of halogens is 2. The fraction of sp³-hybridized carbons (Fsp3) is 0.154. The number of rotatable bonds is 6. The Labute approximate surface area is 196 Å². The predicted octanol–water partition coefficient (Wildman–Crippen LogP) is 6.25. The summed E-state index contributed by atoms with van der Waals surface area (Å²) in [4.78, 5) is 12.5. The number of hydrazone groups is 1. The standard InChI is InChI=1S/C26H21Cl2N3O/c27-20-11-10-18(24(28)12-20)15-31-16-19(21-8-4-5-9-25(21)31)14-29-30-26(32)23-13-22(23)17-6-2-1-3-7-17/h1-12,14,16,22-23H,13,15H2,(H,30,32)/b29-14+/t22-,23+/m0/s1. The van der Waals surface area contributed by atoms with Crippen molar-refractivity contribution in [3.8, 4) is 0 Å². The maximum absolute atomic E-state index is 12.5. The first kappa shape index (κ1) is 20.8. The van der Waals surface area contributed by atoms with Gasteiger partial charge in [0.1, 0.15) is 0 Å². The van der Waals surface area contributed by atoms with E-state index in [2.05, 4.69) is 33.3 Å². The van der Waals surface area contributed by atoms with Gasteiger partial charge in [-0.1, -0.05) is 77.8 Å². The van der Waals surface area contributed by atoms with Gasteiger partial charge in [-0.15, -0.1) is 0 Å². The molecule has 2 atom stereocenters. The monoisotopic (exact) mass is 461 g/mol. The lowest BCUT2D eigenvalue weighted by atomic mass is 10.1. The predicted molar refractivity (Wildman–Crippen MR) is 131 cm³/mol. The van der Waals surface area contributed by atoms with E-state index in [9.17, 15) is 4.79 Å². The van der Waals surface area contributed by atoms with Gasteiger partial charge in [0.25, 0.3) is 0 Å². The molecule has 3 aromatic carbocycles. The largest absolute Gasteiger partial charge is 0.342 e. The molecule has 1 aliphatic rings. The molecule has 1 N–H and O–H groups in total. The zero-order valence-corrected chi connectivity index (χ0v) is 18.7. The summed E-state index contributed by atoms with van der Waals surface area (Å²) in [7, 11) is 0. The van der Waals surface area contributed by atoms with Crippen LogP contribution >= 0.6 is 23.2 Å². The van der Waals surface area contributed by atoms with Crippen molar-refractivity contribution in [3.63, 3.8) is 0 Å². The molecule has 1 amide bonds. The Morgan fingerprint density at radius 1 is 1.06 bits per heavy atom. The van der Waals surface area contributed by atoms with E-state index in [1.54, 1.807) is 12.3 Å². The minimum Gasteiger partial charge on any atom is -0.342 e. The first-order valence-electron chi connectivity index (χ1n) is 10.5. The van der Waals surface area contributed by atoms with E-state index in [0.717, 1.165) is 28.5 Å². The smallest absolute Gasteiger partial charge is 0.243 e. The molecular weight excluding hydrogens is 441 g/mol. The number of hydrogen-bond donors (Lipinski definition) is 1. The molecule has 1 aliphatic carbocycles. The highest BCUT2D eigenvalue weighted by molar-refractivity contribution is 6.35. The van der Waals surface area contributed by atoms with Crippen LogP contribution in [0.15, 0.2) is 84.1 Å². The Kier molecular flexibility index (Phi) is 5.73. The van der Waals surface area contributed by atoms with Gasteiger partial charge in [-0.05, 0) is 41.7 Å². The number of nitrogens with zero attached hydrogens (tertiary/aromatic N) is 2. The van der Waals surface area contributed by atoms with Gasteiger partial charge in [0, 0.05) is 45.2 Å². The number of aromatic nitrogens is 1. The van der Waals surface area contributed by atoms with Crippen molar-refractivity contribution in [3.05, 3.63) is 106 Å². The molecule has 1 fully saturated rings. The maximum Gasteiger partial charge on any atom is 0.243 e. The molecule has 0 bridgehead atoms. The quantitative estimate of drug-likeness (QED) is 0.267. The number of para-hydroxylation sites is 1. The summed E-state index contributed by atoms with van der Waals surface area (Å²) in [6, 6.07) is 23.8. The van der Waals surface area contributed by atoms with Crippen molar-refractivity contribution in [2.75, 3.05) is 0 Å². The van der Waals surface area contributed by atoms with E-state index in [-0.39, 0.29) is 17.7 Å². The van der Waals surface area contributed by atoms with Crippen LogP contribution in [0.4, 0.5) is 0 Å². The Morgan fingerprint density at radius 2 is 1.84 bits per heavy atom. The van der Waals surface area contributed by atoms with Crippen molar-refractivity contribution in [1.29, 1.82) is 0 Å². The number of carbonyl (C=O) groups is 1. The van der Waals surface area contributed by atoms with Crippen LogP contribution in [-0.4, -0.2) is 16.7 Å². The lowest BCUT2D eigenvalue weighted by molar-refractivity contribution is -0.122. The molecule has 0 radical (unpaired) electrons. The number of carbonyl (C=O) groups excluding carboxylic acids is 1. The van der Waals surface area contributed by atoms with Crippen LogP contribution in [0.5, 0.6) is 0 Å². The SMILES string of the molecule is O=C(N/N=C/c1cn(Cc2ccc(Cl)cc2Cl)c2ccccc12)[C@@H]1C[C@H]1c1ccccc1. The highest BCUT2D eigenvalue weighted by Gasteiger charge is 2.43. The van der Waals surface area contributed by atoms with Gasteiger partial charge in [0.05, 0.1) is 6.21 Å². The summed E-state index contributed by atoms with van der Waals surface area (Å²) in [5.41, 5.74) is 6.91. The third-order valence-corrected chi connectivity index (χ3v) is 6.50. The van der Waals surface area contributed by atoms with Crippen molar-refractivity contribution >= 4 is 46.2 Å². The molecule has 32 heavy (non-hydrogen) atoms. The average Bonchev–Trinajstić information content (AvgIpc) is 3.54. The third-order valence-electron chi connectivity index (χ3n) is 5.91. The second-order valence-electron chi connectivity index (χ2n) is 8.06.